The van der Waals surface area contributed by atoms with Crippen LogP contribution in [0.3, 0.4) is 0 Å². The minimum absolute atomic E-state index is 0.359. The summed E-state index contributed by atoms with van der Waals surface area (Å²) in [5.41, 5.74) is 2.57. The van der Waals surface area contributed by atoms with E-state index in [9.17, 15) is 4.79 Å². The van der Waals surface area contributed by atoms with Crippen molar-refractivity contribution < 1.29 is 8.83 Å². The van der Waals surface area contributed by atoms with Crippen molar-refractivity contribution in [3.05, 3.63) is 44.5 Å². The Balaban J connectivity index is 2.71. The molecular formula is C14H11ClO3. The van der Waals surface area contributed by atoms with Crippen LogP contribution in [0.2, 0.25) is 5.02 Å². The van der Waals surface area contributed by atoms with Crippen LogP contribution in [0.4, 0.5) is 0 Å². The summed E-state index contributed by atoms with van der Waals surface area (Å²) in [6, 6.07) is 3.24. The number of benzene rings is 1. The van der Waals surface area contributed by atoms with E-state index < -0.39 is 0 Å². The second-order valence-electron chi connectivity index (χ2n) is 4.47. The lowest BCUT2D eigenvalue weighted by Crippen LogP contribution is -1.98. The number of furan rings is 1. The van der Waals surface area contributed by atoms with Crippen molar-refractivity contribution in [3.8, 4) is 0 Å². The molecule has 0 aliphatic heterocycles. The third-order valence-electron chi connectivity index (χ3n) is 3.31. The second-order valence-corrected chi connectivity index (χ2v) is 4.88. The summed E-state index contributed by atoms with van der Waals surface area (Å²) in [5, 5.41) is 2.16. The highest BCUT2D eigenvalue weighted by atomic mass is 35.5. The maximum Gasteiger partial charge on any atom is 0.336 e. The molecule has 18 heavy (non-hydrogen) atoms. The zero-order valence-electron chi connectivity index (χ0n) is 10.3. The van der Waals surface area contributed by atoms with Crippen LogP contribution in [0.15, 0.2) is 25.8 Å². The minimum Gasteiger partial charge on any atom is -0.459 e. The lowest BCUT2D eigenvalue weighted by molar-refractivity contribution is 0.561. The number of rotatable bonds is 0. The number of hydrogen-bond acceptors (Lipinski definition) is 3. The lowest BCUT2D eigenvalue weighted by Gasteiger charge is -2.03. The van der Waals surface area contributed by atoms with Crippen LogP contribution in [0.5, 0.6) is 0 Å². The van der Waals surface area contributed by atoms with Gasteiger partial charge in [-0.15, -0.1) is 0 Å². The number of hydrogen-bond donors (Lipinski definition) is 0. The van der Waals surface area contributed by atoms with Crippen molar-refractivity contribution in [2.45, 2.75) is 20.8 Å². The van der Waals surface area contributed by atoms with Crippen molar-refractivity contribution in [2.24, 2.45) is 0 Å². The molecule has 0 fully saturated rings. The Morgan fingerprint density at radius 3 is 2.50 bits per heavy atom. The molecule has 3 nitrogen and oxygen atoms in total. The molecule has 0 atom stereocenters. The van der Waals surface area contributed by atoms with Crippen molar-refractivity contribution in [2.75, 3.05) is 0 Å². The minimum atomic E-state index is -0.359. The fraction of sp³-hybridized carbons (Fsp3) is 0.214. The van der Waals surface area contributed by atoms with Crippen LogP contribution in [-0.4, -0.2) is 0 Å². The molecule has 0 aliphatic rings. The SMILES string of the molecule is Cc1oc2c(Cl)cc3c(C)cc(=O)oc3c2c1C. The highest BCUT2D eigenvalue weighted by molar-refractivity contribution is 6.36. The van der Waals surface area contributed by atoms with Gasteiger partial charge in [0.1, 0.15) is 11.3 Å². The summed E-state index contributed by atoms with van der Waals surface area (Å²) >= 11 is 6.22. The predicted octanol–water partition coefficient (Wildman–Crippen LogP) is 4.12. The highest BCUT2D eigenvalue weighted by Crippen LogP contribution is 2.37. The molecule has 0 radical (unpaired) electrons. The van der Waals surface area contributed by atoms with Crippen molar-refractivity contribution in [3.63, 3.8) is 0 Å². The first kappa shape index (κ1) is 11.4. The van der Waals surface area contributed by atoms with E-state index in [0.29, 0.717) is 16.2 Å². The molecule has 0 bridgehead atoms. The quantitative estimate of drug-likeness (QED) is 0.573. The van der Waals surface area contributed by atoms with Gasteiger partial charge in [-0.2, -0.15) is 0 Å². The summed E-state index contributed by atoms with van der Waals surface area (Å²) < 4.78 is 11.0. The van der Waals surface area contributed by atoms with Gasteiger partial charge in [-0.3, -0.25) is 0 Å². The Bertz CT molecular complexity index is 840. The monoisotopic (exact) mass is 262 g/mol. The maximum atomic E-state index is 11.5. The van der Waals surface area contributed by atoms with Gasteiger partial charge < -0.3 is 8.83 Å². The molecule has 0 saturated heterocycles. The first-order valence-corrected chi connectivity index (χ1v) is 5.99. The van der Waals surface area contributed by atoms with Gasteiger partial charge in [0, 0.05) is 17.0 Å². The van der Waals surface area contributed by atoms with Gasteiger partial charge in [0.05, 0.1) is 10.4 Å². The molecule has 3 rings (SSSR count). The van der Waals surface area contributed by atoms with E-state index >= 15 is 0 Å². The molecule has 92 valence electrons. The van der Waals surface area contributed by atoms with Crippen LogP contribution in [0.25, 0.3) is 21.9 Å². The molecule has 2 aromatic heterocycles. The second kappa shape index (κ2) is 3.62. The number of halogens is 1. The Morgan fingerprint density at radius 2 is 1.78 bits per heavy atom. The molecule has 2 heterocycles. The molecule has 1 aromatic carbocycles. The fourth-order valence-corrected chi connectivity index (χ4v) is 2.49. The molecule has 0 aliphatic carbocycles. The normalized spacial score (nSPS) is 11.6. The van der Waals surface area contributed by atoms with Crippen molar-refractivity contribution in [1.82, 2.24) is 0 Å². The van der Waals surface area contributed by atoms with E-state index in [0.717, 1.165) is 27.7 Å². The molecule has 3 aromatic rings. The first-order valence-electron chi connectivity index (χ1n) is 5.61. The summed E-state index contributed by atoms with van der Waals surface area (Å²) in [7, 11) is 0. The van der Waals surface area contributed by atoms with Gasteiger partial charge in [0.15, 0.2) is 5.58 Å². The summed E-state index contributed by atoms with van der Waals surface area (Å²) in [6.45, 7) is 5.66. The molecule has 0 spiro atoms. The largest absolute Gasteiger partial charge is 0.459 e. The smallest absolute Gasteiger partial charge is 0.336 e. The number of aryl methyl sites for hydroxylation is 3. The zero-order valence-corrected chi connectivity index (χ0v) is 11.0. The van der Waals surface area contributed by atoms with Gasteiger partial charge in [0.2, 0.25) is 0 Å². The van der Waals surface area contributed by atoms with Crippen LogP contribution in [0.1, 0.15) is 16.9 Å². The topological polar surface area (TPSA) is 43.4 Å². The van der Waals surface area contributed by atoms with Crippen LogP contribution in [0, 0.1) is 20.8 Å². The standard InChI is InChI=1S/C14H11ClO3/c1-6-4-11(16)18-13-9(6)5-10(15)14-12(13)7(2)8(3)17-14/h4-5H,1-3H3. The van der Waals surface area contributed by atoms with Gasteiger partial charge in [-0.05, 0) is 32.4 Å². The van der Waals surface area contributed by atoms with E-state index in [4.69, 9.17) is 20.4 Å². The zero-order chi connectivity index (χ0) is 13.0. The third-order valence-corrected chi connectivity index (χ3v) is 3.59. The number of fused-ring (bicyclic) bond motifs is 3. The Kier molecular flexibility index (Phi) is 2.29. The van der Waals surface area contributed by atoms with Gasteiger partial charge in [-0.1, -0.05) is 11.6 Å². The molecule has 0 saturated carbocycles. The third kappa shape index (κ3) is 1.40. The maximum absolute atomic E-state index is 11.5. The van der Waals surface area contributed by atoms with Gasteiger partial charge in [0.25, 0.3) is 0 Å². The molecule has 4 heteroatoms. The van der Waals surface area contributed by atoms with Crippen LogP contribution >= 0.6 is 11.6 Å². The first-order chi connectivity index (χ1) is 8.49. The van der Waals surface area contributed by atoms with E-state index in [1.54, 1.807) is 6.07 Å². The average Bonchev–Trinajstić information content (AvgIpc) is 2.59. The van der Waals surface area contributed by atoms with E-state index in [-0.39, 0.29) is 5.63 Å². The molecular weight excluding hydrogens is 252 g/mol. The van der Waals surface area contributed by atoms with E-state index in [1.807, 2.05) is 20.8 Å². The summed E-state index contributed by atoms with van der Waals surface area (Å²) in [6.07, 6.45) is 0. The van der Waals surface area contributed by atoms with Gasteiger partial charge in [-0.25, -0.2) is 4.79 Å². The van der Waals surface area contributed by atoms with Crippen molar-refractivity contribution >= 4 is 33.5 Å². The predicted molar refractivity (Wildman–Crippen MR) is 71.5 cm³/mol. The highest BCUT2D eigenvalue weighted by Gasteiger charge is 2.17. The Morgan fingerprint density at radius 1 is 1.06 bits per heavy atom. The fourth-order valence-electron chi connectivity index (χ4n) is 2.24. The lowest BCUT2D eigenvalue weighted by atomic mass is 10.1. The van der Waals surface area contributed by atoms with E-state index in [1.165, 1.54) is 6.07 Å². The molecule has 0 amide bonds. The van der Waals surface area contributed by atoms with Crippen molar-refractivity contribution in [1.29, 1.82) is 0 Å². The average molecular weight is 263 g/mol. The molecule has 0 N–H and O–H groups in total. The van der Waals surface area contributed by atoms with Crippen LogP contribution in [-0.2, 0) is 0 Å². The molecule has 0 unspecified atom stereocenters. The van der Waals surface area contributed by atoms with E-state index in [2.05, 4.69) is 0 Å². The summed E-state index contributed by atoms with van der Waals surface area (Å²) in [5.74, 6) is 0.781. The Hall–Kier alpha value is -1.74. The summed E-state index contributed by atoms with van der Waals surface area (Å²) in [4.78, 5) is 11.5. The van der Waals surface area contributed by atoms with Crippen LogP contribution < -0.4 is 5.63 Å². The van der Waals surface area contributed by atoms with Gasteiger partial charge >= 0.3 is 5.63 Å². The Labute approximate surface area is 108 Å².